The highest BCUT2D eigenvalue weighted by Crippen LogP contribution is 2.26. The van der Waals surface area contributed by atoms with E-state index in [4.69, 9.17) is 5.73 Å². The van der Waals surface area contributed by atoms with Crippen molar-refractivity contribution < 1.29 is 4.79 Å². The molecule has 18 heavy (non-hydrogen) atoms. The van der Waals surface area contributed by atoms with Crippen LogP contribution in [0.5, 0.6) is 0 Å². The average molecular weight is 247 g/mol. The minimum absolute atomic E-state index is 0.271. The van der Waals surface area contributed by atoms with Crippen molar-refractivity contribution in [1.29, 1.82) is 0 Å². The van der Waals surface area contributed by atoms with E-state index in [0.29, 0.717) is 6.42 Å². The Morgan fingerprint density at radius 2 is 2.28 bits per heavy atom. The summed E-state index contributed by atoms with van der Waals surface area (Å²) in [5, 5.41) is 6.81. The van der Waals surface area contributed by atoms with Gasteiger partial charge in [0.2, 0.25) is 5.91 Å². The number of nitrogens with two attached hydrogens (primary N) is 1. The Morgan fingerprint density at radius 3 is 3.00 bits per heavy atom. The fourth-order valence-electron chi connectivity index (χ4n) is 2.39. The van der Waals surface area contributed by atoms with Crippen molar-refractivity contribution in [1.82, 2.24) is 5.32 Å². The maximum atomic E-state index is 11.0. The Labute approximate surface area is 108 Å². The van der Waals surface area contributed by atoms with E-state index in [0.717, 1.165) is 19.5 Å². The summed E-state index contributed by atoms with van der Waals surface area (Å²) in [6.07, 6.45) is 1.43. The summed E-state index contributed by atoms with van der Waals surface area (Å²) in [4.78, 5) is 11.0. The Kier molecular flexibility index (Phi) is 3.57. The predicted molar refractivity (Wildman–Crippen MR) is 73.4 cm³/mol. The molecule has 0 aromatic heterocycles. The number of carbonyl (C=O) groups excluding carboxylic acids is 1. The molecule has 0 aliphatic carbocycles. The van der Waals surface area contributed by atoms with E-state index in [9.17, 15) is 4.79 Å². The number of nitrogens with one attached hydrogen (secondary N) is 2. The number of anilines is 1. The van der Waals surface area contributed by atoms with Crippen molar-refractivity contribution in [2.24, 2.45) is 5.73 Å². The number of amides is 1. The molecule has 0 unspecified atom stereocenters. The monoisotopic (exact) mass is 247 g/mol. The largest absolute Gasteiger partial charge is 0.384 e. The average Bonchev–Trinajstić information content (AvgIpc) is 2.72. The first kappa shape index (κ1) is 12.9. The number of primary amides is 1. The number of hydrogen-bond donors (Lipinski definition) is 3. The maximum absolute atomic E-state index is 11.0. The van der Waals surface area contributed by atoms with Gasteiger partial charge in [0.1, 0.15) is 0 Å². The Bertz CT molecular complexity index is 454. The van der Waals surface area contributed by atoms with Gasteiger partial charge in [-0.1, -0.05) is 18.2 Å². The van der Waals surface area contributed by atoms with Gasteiger partial charge in [0, 0.05) is 30.7 Å². The normalized spacial score (nSPS) is 14.1. The Hall–Kier alpha value is -1.55. The third-order valence-corrected chi connectivity index (χ3v) is 3.31. The van der Waals surface area contributed by atoms with Gasteiger partial charge in [-0.05, 0) is 31.4 Å². The first-order valence-electron chi connectivity index (χ1n) is 6.36. The van der Waals surface area contributed by atoms with Gasteiger partial charge in [-0.25, -0.2) is 0 Å². The van der Waals surface area contributed by atoms with Gasteiger partial charge in [0.05, 0.1) is 0 Å². The highest BCUT2D eigenvalue weighted by Gasteiger charge is 2.21. The SMILES string of the molecule is CC(C)(CC(N)=O)NCc1cccc2c1NCC2. The van der Waals surface area contributed by atoms with E-state index in [1.54, 1.807) is 0 Å². The molecule has 0 spiro atoms. The van der Waals surface area contributed by atoms with Gasteiger partial charge >= 0.3 is 0 Å². The van der Waals surface area contributed by atoms with Crippen molar-refractivity contribution >= 4 is 11.6 Å². The van der Waals surface area contributed by atoms with Gasteiger partial charge in [-0.15, -0.1) is 0 Å². The second kappa shape index (κ2) is 4.98. The standard InChI is InChI=1S/C14H21N3O/c1-14(2,8-12(15)18)17-9-11-5-3-4-10-6-7-16-13(10)11/h3-5,16-17H,6-9H2,1-2H3,(H2,15,18). The molecule has 1 aromatic carbocycles. The lowest BCUT2D eigenvalue weighted by molar-refractivity contribution is -0.119. The molecule has 4 nitrogen and oxygen atoms in total. The molecule has 0 atom stereocenters. The molecule has 0 saturated heterocycles. The van der Waals surface area contributed by atoms with Crippen LogP contribution >= 0.6 is 0 Å². The smallest absolute Gasteiger partial charge is 0.219 e. The fourth-order valence-corrected chi connectivity index (χ4v) is 2.39. The van der Waals surface area contributed by atoms with Crippen molar-refractivity contribution in [3.05, 3.63) is 29.3 Å². The highest BCUT2D eigenvalue weighted by atomic mass is 16.1. The van der Waals surface area contributed by atoms with Crippen molar-refractivity contribution in [3.8, 4) is 0 Å². The second-order valence-corrected chi connectivity index (χ2v) is 5.51. The van der Waals surface area contributed by atoms with Gasteiger partial charge in [0.15, 0.2) is 0 Å². The van der Waals surface area contributed by atoms with Gasteiger partial charge < -0.3 is 16.4 Å². The summed E-state index contributed by atoms with van der Waals surface area (Å²) < 4.78 is 0. The fraction of sp³-hybridized carbons (Fsp3) is 0.500. The molecule has 0 bridgehead atoms. The van der Waals surface area contributed by atoms with E-state index in [-0.39, 0.29) is 11.4 Å². The van der Waals surface area contributed by atoms with Crippen molar-refractivity contribution in [2.75, 3.05) is 11.9 Å². The minimum atomic E-state index is -0.274. The zero-order chi connectivity index (χ0) is 13.2. The van der Waals surface area contributed by atoms with Crippen LogP contribution in [0.2, 0.25) is 0 Å². The lowest BCUT2D eigenvalue weighted by Gasteiger charge is -2.25. The summed E-state index contributed by atoms with van der Waals surface area (Å²) in [6.45, 7) is 5.75. The third-order valence-electron chi connectivity index (χ3n) is 3.31. The number of para-hydroxylation sites is 1. The quantitative estimate of drug-likeness (QED) is 0.736. The first-order valence-corrected chi connectivity index (χ1v) is 6.36. The van der Waals surface area contributed by atoms with E-state index >= 15 is 0 Å². The molecular weight excluding hydrogens is 226 g/mol. The van der Waals surface area contributed by atoms with Gasteiger partial charge in [-0.3, -0.25) is 4.79 Å². The summed E-state index contributed by atoms with van der Waals surface area (Å²) in [5.74, 6) is -0.274. The van der Waals surface area contributed by atoms with Crippen LogP contribution in [0.1, 0.15) is 31.4 Å². The van der Waals surface area contributed by atoms with Gasteiger partial charge in [0.25, 0.3) is 0 Å². The molecule has 0 fully saturated rings. The molecule has 4 heteroatoms. The van der Waals surface area contributed by atoms with E-state index in [1.165, 1.54) is 16.8 Å². The van der Waals surface area contributed by atoms with Crippen LogP contribution in [-0.4, -0.2) is 18.0 Å². The minimum Gasteiger partial charge on any atom is -0.384 e. The highest BCUT2D eigenvalue weighted by molar-refractivity contribution is 5.75. The molecule has 1 amide bonds. The van der Waals surface area contributed by atoms with Crippen LogP contribution in [-0.2, 0) is 17.8 Å². The molecule has 2 rings (SSSR count). The molecule has 0 saturated carbocycles. The van der Waals surface area contributed by atoms with Crippen LogP contribution in [0.3, 0.4) is 0 Å². The first-order chi connectivity index (χ1) is 8.48. The molecule has 1 aliphatic rings. The van der Waals surface area contributed by atoms with Crippen LogP contribution < -0.4 is 16.4 Å². The Morgan fingerprint density at radius 1 is 1.50 bits per heavy atom. The molecule has 0 radical (unpaired) electrons. The summed E-state index contributed by atoms with van der Waals surface area (Å²) in [5.41, 5.74) is 8.85. The zero-order valence-corrected chi connectivity index (χ0v) is 11.0. The van der Waals surface area contributed by atoms with Crippen molar-refractivity contribution in [2.45, 2.75) is 38.8 Å². The predicted octanol–water partition coefficient (Wildman–Crippen LogP) is 1.40. The van der Waals surface area contributed by atoms with E-state index in [1.807, 2.05) is 13.8 Å². The van der Waals surface area contributed by atoms with Crippen LogP contribution in [0, 0.1) is 0 Å². The second-order valence-electron chi connectivity index (χ2n) is 5.51. The third kappa shape index (κ3) is 3.01. The number of carbonyl (C=O) groups is 1. The summed E-state index contributed by atoms with van der Waals surface area (Å²) in [6, 6.07) is 6.36. The van der Waals surface area contributed by atoms with Crippen LogP contribution in [0.4, 0.5) is 5.69 Å². The lowest BCUT2D eigenvalue weighted by Crippen LogP contribution is -2.42. The summed E-state index contributed by atoms with van der Waals surface area (Å²) in [7, 11) is 0. The number of rotatable bonds is 5. The molecule has 1 heterocycles. The van der Waals surface area contributed by atoms with Crippen LogP contribution in [0.25, 0.3) is 0 Å². The van der Waals surface area contributed by atoms with Crippen molar-refractivity contribution in [3.63, 3.8) is 0 Å². The molecule has 98 valence electrons. The molecule has 4 N–H and O–H groups in total. The topological polar surface area (TPSA) is 67.2 Å². The molecule has 1 aromatic rings. The zero-order valence-electron chi connectivity index (χ0n) is 11.0. The van der Waals surface area contributed by atoms with Crippen LogP contribution in [0.15, 0.2) is 18.2 Å². The molecule has 1 aliphatic heterocycles. The lowest BCUT2D eigenvalue weighted by atomic mass is 9.99. The van der Waals surface area contributed by atoms with Gasteiger partial charge in [-0.2, -0.15) is 0 Å². The number of hydrogen-bond acceptors (Lipinski definition) is 3. The van der Waals surface area contributed by atoms with E-state index < -0.39 is 0 Å². The molecular formula is C14H21N3O. The maximum Gasteiger partial charge on any atom is 0.219 e. The number of benzene rings is 1. The Balaban J connectivity index is 2.03. The van der Waals surface area contributed by atoms with E-state index in [2.05, 4.69) is 28.8 Å². The summed E-state index contributed by atoms with van der Waals surface area (Å²) >= 11 is 0. The number of fused-ring (bicyclic) bond motifs is 1.